The van der Waals surface area contributed by atoms with Gasteiger partial charge < -0.3 is 21.1 Å². The summed E-state index contributed by atoms with van der Waals surface area (Å²) in [5, 5.41) is 18.5. The molecule has 3 aromatic rings. The molecule has 0 aliphatic heterocycles. The minimum absolute atomic E-state index is 0.151. The van der Waals surface area contributed by atoms with E-state index in [0.29, 0.717) is 5.69 Å². The highest BCUT2D eigenvalue weighted by molar-refractivity contribution is 5.92. The van der Waals surface area contributed by atoms with Crippen molar-refractivity contribution in [2.75, 3.05) is 10.9 Å². The second-order valence-corrected chi connectivity index (χ2v) is 5.73. The van der Waals surface area contributed by atoms with Gasteiger partial charge in [0.15, 0.2) is 0 Å². The monoisotopic (exact) mass is 334 g/mol. The Hall–Kier alpha value is -3.47. The molecule has 0 saturated carbocycles. The third-order valence-corrected chi connectivity index (χ3v) is 3.85. The Kier molecular flexibility index (Phi) is 4.57. The van der Waals surface area contributed by atoms with Crippen molar-refractivity contribution in [3.8, 4) is 16.9 Å². The molecule has 0 unspecified atom stereocenters. The summed E-state index contributed by atoms with van der Waals surface area (Å²) in [5.41, 5.74) is 10.6. The van der Waals surface area contributed by atoms with Crippen molar-refractivity contribution in [2.24, 2.45) is 0 Å². The summed E-state index contributed by atoms with van der Waals surface area (Å²) in [6.07, 6.45) is 0. The molecule has 0 aromatic heterocycles. The smallest absolute Gasteiger partial charge is 0.339 e. The number of hydrazine groups is 1. The lowest BCUT2D eigenvalue weighted by molar-refractivity contribution is 0.0694. The maximum absolute atomic E-state index is 11.0. The summed E-state index contributed by atoms with van der Waals surface area (Å²) in [7, 11) is 0. The maximum Gasteiger partial charge on any atom is 0.339 e. The molecule has 5 heteroatoms. The Labute approximate surface area is 145 Å². The van der Waals surface area contributed by atoms with E-state index in [2.05, 4.69) is 42.0 Å². The number of nitrogens with one attached hydrogen (secondary N) is 2. The van der Waals surface area contributed by atoms with E-state index in [1.807, 2.05) is 24.3 Å². The van der Waals surface area contributed by atoms with Crippen LogP contribution in [0.2, 0.25) is 0 Å². The van der Waals surface area contributed by atoms with E-state index < -0.39 is 5.97 Å². The minimum atomic E-state index is -1.18. The third-order valence-electron chi connectivity index (χ3n) is 3.85. The zero-order valence-electron chi connectivity index (χ0n) is 13.7. The molecule has 3 aromatic carbocycles. The predicted octanol–water partition coefficient (Wildman–Crippen LogP) is 4.50. The molecule has 0 spiro atoms. The number of hydrogen-bond acceptors (Lipinski definition) is 4. The van der Waals surface area contributed by atoms with Crippen molar-refractivity contribution >= 4 is 17.3 Å². The Balaban J connectivity index is 1.69. The predicted molar refractivity (Wildman–Crippen MR) is 98.9 cm³/mol. The summed E-state index contributed by atoms with van der Waals surface area (Å²) in [5.74, 6) is -1.44. The highest BCUT2D eigenvalue weighted by Gasteiger charge is 2.09. The van der Waals surface area contributed by atoms with Crippen molar-refractivity contribution in [1.29, 1.82) is 0 Å². The number of carboxylic acid groups (broad SMARTS) is 1. The molecule has 0 aliphatic rings. The van der Waals surface area contributed by atoms with Crippen molar-refractivity contribution < 1.29 is 15.0 Å². The van der Waals surface area contributed by atoms with Gasteiger partial charge in [-0.15, -0.1) is 0 Å². The van der Waals surface area contributed by atoms with Crippen LogP contribution in [0.3, 0.4) is 0 Å². The highest BCUT2D eigenvalue weighted by atomic mass is 16.4. The normalized spacial score (nSPS) is 10.3. The number of benzene rings is 3. The average molecular weight is 334 g/mol. The topological polar surface area (TPSA) is 81.6 Å². The first-order valence-electron chi connectivity index (χ1n) is 7.78. The molecule has 0 saturated heterocycles. The zero-order chi connectivity index (χ0) is 17.8. The largest absolute Gasteiger partial charge is 0.507 e. The van der Waals surface area contributed by atoms with Crippen LogP contribution in [0.15, 0.2) is 66.7 Å². The molecule has 0 atom stereocenters. The van der Waals surface area contributed by atoms with Crippen molar-refractivity contribution in [3.05, 3.63) is 77.9 Å². The van der Waals surface area contributed by atoms with Crippen LogP contribution in [-0.4, -0.2) is 16.2 Å². The van der Waals surface area contributed by atoms with Crippen LogP contribution in [0.5, 0.6) is 5.75 Å². The first kappa shape index (κ1) is 16.4. The van der Waals surface area contributed by atoms with Gasteiger partial charge in [-0.25, -0.2) is 4.79 Å². The number of carbonyl (C=O) groups is 1. The number of rotatable bonds is 5. The summed E-state index contributed by atoms with van der Waals surface area (Å²) in [6.45, 7) is 2.06. The number of carboxylic acids is 1. The van der Waals surface area contributed by atoms with Crippen molar-refractivity contribution in [1.82, 2.24) is 0 Å². The molecule has 4 N–H and O–H groups in total. The SMILES string of the molecule is Cc1ccc(-c2ccc(NNc3ccc(O)c(C(=O)O)c3)cc2)cc1. The van der Waals surface area contributed by atoms with Gasteiger partial charge >= 0.3 is 5.97 Å². The van der Waals surface area contributed by atoms with Crippen LogP contribution in [0.25, 0.3) is 11.1 Å². The number of phenols is 1. The lowest BCUT2D eigenvalue weighted by Crippen LogP contribution is -2.09. The molecule has 0 amide bonds. The summed E-state index contributed by atoms with van der Waals surface area (Å²) < 4.78 is 0. The molecule has 126 valence electrons. The Morgan fingerprint density at radius 2 is 1.32 bits per heavy atom. The summed E-state index contributed by atoms with van der Waals surface area (Å²) in [4.78, 5) is 11.0. The van der Waals surface area contributed by atoms with Gasteiger partial charge in [0.25, 0.3) is 0 Å². The Bertz CT molecular complexity index is 888. The van der Waals surface area contributed by atoms with Gasteiger partial charge in [-0.05, 0) is 48.4 Å². The Morgan fingerprint density at radius 3 is 1.92 bits per heavy atom. The Morgan fingerprint density at radius 1 is 0.800 bits per heavy atom. The third kappa shape index (κ3) is 3.90. The molecular weight excluding hydrogens is 316 g/mol. The second kappa shape index (κ2) is 6.97. The maximum atomic E-state index is 11.0. The average Bonchev–Trinajstić information content (AvgIpc) is 2.62. The second-order valence-electron chi connectivity index (χ2n) is 5.73. The van der Waals surface area contributed by atoms with Gasteiger partial charge in [0, 0.05) is 0 Å². The van der Waals surface area contributed by atoms with E-state index in [1.54, 1.807) is 6.07 Å². The molecule has 0 bridgehead atoms. The van der Waals surface area contributed by atoms with E-state index in [9.17, 15) is 9.90 Å². The first-order chi connectivity index (χ1) is 12.0. The van der Waals surface area contributed by atoms with Crippen molar-refractivity contribution in [2.45, 2.75) is 6.92 Å². The number of aromatic carboxylic acids is 1. The molecule has 0 heterocycles. The number of anilines is 2. The van der Waals surface area contributed by atoms with E-state index in [4.69, 9.17) is 5.11 Å². The van der Waals surface area contributed by atoms with Crippen LogP contribution in [0.1, 0.15) is 15.9 Å². The lowest BCUT2D eigenvalue weighted by Gasteiger charge is -2.11. The van der Waals surface area contributed by atoms with Gasteiger partial charge in [-0.3, -0.25) is 0 Å². The lowest BCUT2D eigenvalue weighted by atomic mass is 10.0. The van der Waals surface area contributed by atoms with Gasteiger partial charge in [0.05, 0.1) is 11.4 Å². The van der Waals surface area contributed by atoms with Crippen LogP contribution in [-0.2, 0) is 0 Å². The summed E-state index contributed by atoms with van der Waals surface area (Å²) in [6, 6.07) is 20.5. The van der Waals surface area contributed by atoms with Gasteiger partial charge in [0.2, 0.25) is 0 Å². The molecular formula is C20H18N2O3. The number of aromatic hydroxyl groups is 1. The first-order valence-corrected chi connectivity index (χ1v) is 7.78. The fourth-order valence-electron chi connectivity index (χ4n) is 2.42. The van der Waals surface area contributed by atoms with E-state index in [0.717, 1.165) is 16.8 Å². The van der Waals surface area contributed by atoms with Crippen LogP contribution >= 0.6 is 0 Å². The molecule has 0 aliphatic carbocycles. The highest BCUT2D eigenvalue weighted by Crippen LogP contribution is 2.23. The minimum Gasteiger partial charge on any atom is -0.507 e. The quantitative estimate of drug-likeness (QED) is 0.408. The molecule has 25 heavy (non-hydrogen) atoms. The standard InChI is InChI=1S/C20H18N2O3/c1-13-2-4-14(5-3-13)15-6-8-16(9-7-15)21-22-17-10-11-19(23)18(12-17)20(24)25/h2-12,21-23H,1H3,(H,24,25). The van der Waals surface area contributed by atoms with E-state index in [1.165, 1.54) is 17.7 Å². The zero-order valence-corrected chi connectivity index (χ0v) is 13.7. The molecule has 3 rings (SSSR count). The van der Waals surface area contributed by atoms with Gasteiger partial charge in [0.1, 0.15) is 11.3 Å². The molecule has 0 fully saturated rings. The van der Waals surface area contributed by atoms with E-state index in [-0.39, 0.29) is 11.3 Å². The van der Waals surface area contributed by atoms with Crippen LogP contribution in [0.4, 0.5) is 11.4 Å². The van der Waals surface area contributed by atoms with E-state index >= 15 is 0 Å². The van der Waals surface area contributed by atoms with Gasteiger partial charge in [-0.2, -0.15) is 0 Å². The fourth-order valence-corrected chi connectivity index (χ4v) is 2.42. The van der Waals surface area contributed by atoms with Crippen LogP contribution in [0, 0.1) is 6.92 Å². The van der Waals surface area contributed by atoms with Gasteiger partial charge in [-0.1, -0.05) is 42.0 Å². The fraction of sp³-hybridized carbons (Fsp3) is 0.0500. The summed E-state index contributed by atoms with van der Waals surface area (Å²) >= 11 is 0. The van der Waals surface area contributed by atoms with Crippen LogP contribution < -0.4 is 10.9 Å². The number of hydrogen-bond donors (Lipinski definition) is 4. The molecule has 0 radical (unpaired) electrons. The molecule has 5 nitrogen and oxygen atoms in total. The number of aryl methyl sites for hydroxylation is 1. The van der Waals surface area contributed by atoms with Crippen molar-refractivity contribution in [3.63, 3.8) is 0 Å².